The summed E-state index contributed by atoms with van der Waals surface area (Å²) < 4.78 is 0. The number of amides is 2. The number of rotatable bonds is 2. The van der Waals surface area contributed by atoms with Crippen molar-refractivity contribution in [1.82, 2.24) is 4.90 Å². The average molecular weight is 272 g/mol. The summed E-state index contributed by atoms with van der Waals surface area (Å²) >= 11 is 0. The normalized spacial score (nSPS) is 25.8. The zero-order chi connectivity index (χ0) is 14.3. The van der Waals surface area contributed by atoms with Crippen LogP contribution in [0.1, 0.15) is 53.3 Å². The molecule has 1 aromatic carbocycles. The summed E-state index contributed by atoms with van der Waals surface area (Å²) in [6.45, 7) is 2.29. The first-order valence-electron chi connectivity index (χ1n) is 7.29. The lowest BCUT2D eigenvalue weighted by Crippen LogP contribution is -2.26. The quantitative estimate of drug-likeness (QED) is 0.842. The highest BCUT2D eigenvalue weighted by Gasteiger charge is 2.32. The molecular formula is C16H20N2O2. The smallest absolute Gasteiger partial charge is 0.261 e. The van der Waals surface area contributed by atoms with Crippen LogP contribution in [0, 0.1) is 5.92 Å². The van der Waals surface area contributed by atoms with Crippen molar-refractivity contribution in [3.05, 3.63) is 29.3 Å². The van der Waals surface area contributed by atoms with E-state index < -0.39 is 0 Å². The molecule has 1 heterocycles. The van der Waals surface area contributed by atoms with Crippen molar-refractivity contribution in [3.8, 4) is 0 Å². The number of carbonyl (C=O) groups excluding carboxylic acids is 2. The third-order valence-corrected chi connectivity index (χ3v) is 4.40. The Kier molecular flexibility index (Phi) is 3.24. The molecule has 0 saturated heterocycles. The number of hydrogen-bond donors (Lipinski definition) is 1. The van der Waals surface area contributed by atoms with Crippen LogP contribution in [0.15, 0.2) is 18.2 Å². The van der Waals surface area contributed by atoms with Gasteiger partial charge in [0.2, 0.25) is 0 Å². The van der Waals surface area contributed by atoms with Gasteiger partial charge >= 0.3 is 0 Å². The summed E-state index contributed by atoms with van der Waals surface area (Å²) in [4.78, 5) is 25.0. The molecule has 1 saturated carbocycles. The van der Waals surface area contributed by atoms with Crippen LogP contribution in [0.5, 0.6) is 0 Å². The van der Waals surface area contributed by atoms with E-state index in [0.29, 0.717) is 17.2 Å². The topological polar surface area (TPSA) is 49.4 Å². The Bertz CT molecular complexity index is 568. The van der Waals surface area contributed by atoms with Crippen LogP contribution < -0.4 is 5.32 Å². The van der Waals surface area contributed by atoms with Crippen LogP contribution in [0.3, 0.4) is 0 Å². The summed E-state index contributed by atoms with van der Waals surface area (Å²) in [5, 5.41) is 3.51. The SMILES string of the molecule is CC1CCCC(Nc2ccc3c(c2)C(=O)N(C)C3=O)C1. The second-order valence-corrected chi connectivity index (χ2v) is 6.04. The zero-order valence-electron chi connectivity index (χ0n) is 12.0. The number of hydrogen-bond acceptors (Lipinski definition) is 3. The number of benzene rings is 1. The van der Waals surface area contributed by atoms with Gasteiger partial charge in [0, 0.05) is 18.8 Å². The maximum absolute atomic E-state index is 12.0. The van der Waals surface area contributed by atoms with Gasteiger partial charge in [0.05, 0.1) is 11.1 Å². The van der Waals surface area contributed by atoms with Crippen molar-refractivity contribution < 1.29 is 9.59 Å². The third kappa shape index (κ3) is 2.19. The van der Waals surface area contributed by atoms with Crippen molar-refractivity contribution in [3.63, 3.8) is 0 Å². The van der Waals surface area contributed by atoms with E-state index in [-0.39, 0.29) is 11.8 Å². The maximum atomic E-state index is 12.0. The Hall–Kier alpha value is -1.84. The molecule has 106 valence electrons. The van der Waals surface area contributed by atoms with E-state index in [1.54, 1.807) is 6.07 Å². The van der Waals surface area contributed by atoms with Crippen molar-refractivity contribution in [2.75, 3.05) is 12.4 Å². The van der Waals surface area contributed by atoms with Gasteiger partial charge in [-0.2, -0.15) is 0 Å². The monoisotopic (exact) mass is 272 g/mol. The van der Waals surface area contributed by atoms with Crippen LogP contribution in [0.2, 0.25) is 0 Å². The van der Waals surface area contributed by atoms with Gasteiger partial charge in [-0.1, -0.05) is 19.8 Å². The van der Waals surface area contributed by atoms with Crippen LogP contribution in [-0.4, -0.2) is 29.8 Å². The molecular weight excluding hydrogens is 252 g/mol. The minimum atomic E-state index is -0.206. The summed E-state index contributed by atoms with van der Waals surface area (Å²) in [7, 11) is 1.53. The fourth-order valence-corrected chi connectivity index (χ4v) is 3.25. The number of fused-ring (bicyclic) bond motifs is 1. The second kappa shape index (κ2) is 4.93. The van der Waals surface area contributed by atoms with Crippen LogP contribution in [0.25, 0.3) is 0 Å². The summed E-state index contributed by atoms with van der Waals surface area (Å²) in [6.07, 6.45) is 4.90. The van der Waals surface area contributed by atoms with E-state index in [1.165, 1.54) is 37.6 Å². The molecule has 0 radical (unpaired) electrons. The van der Waals surface area contributed by atoms with Gasteiger partial charge in [-0.15, -0.1) is 0 Å². The van der Waals surface area contributed by atoms with E-state index >= 15 is 0 Å². The Morgan fingerprint density at radius 3 is 2.65 bits per heavy atom. The molecule has 1 aliphatic carbocycles. The Morgan fingerprint density at radius 1 is 1.15 bits per heavy atom. The first-order valence-corrected chi connectivity index (χ1v) is 7.29. The Labute approximate surface area is 119 Å². The lowest BCUT2D eigenvalue weighted by molar-refractivity contribution is 0.0693. The number of anilines is 1. The van der Waals surface area contributed by atoms with Crippen molar-refractivity contribution in [2.24, 2.45) is 5.92 Å². The zero-order valence-corrected chi connectivity index (χ0v) is 12.0. The number of nitrogens with one attached hydrogen (secondary N) is 1. The van der Waals surface area contributed by atoms with Crippen LogP contribution >= 0.6 is 0 Å². The van der Waals surface area contributed by atoms with E-state index in [4.69, 9.17) is 0 Å². The number of carbonyl (C=O) groups is 2. The van der Waals surface area contributed by atoms with E-state index in [1.807, 2.05) is 12.1 Å². The van der Waals surface area contributed by atoms with Crippen molar-refractivity contribution in [1.29, 1.82) is 0 Å². The minimum Gasteiger partial charge on any atom is -0.382 e. The largest absolute Gasteiger partial charge is 0.382 e. The van der Waals surface area contributed by atoms with Gasteiger partial charge in [0.1, 0.15) is 0 Å². The first-order chi connectivity index (χ1) is 9.56. The molecule has 2 unspecified atom stereocenters. The molecule has 4 heteroatoms. The van der Waals surface area contributed by atoms with Gasteiger partial charge in [-0.3, -0.25) is 14.5 Å². The summed E-state index contributed by atoms with van der Waals surface area (Å²) in [6, 6.07) is 5.95. The average Bonchev–Trinajstić information content (AvgIpc) is 2.64. The van der Waals surface area contributed by atoms with Gasteiger partial charge in [-0.05, 0) is 37.0 Å². The van der Waals surface area contributed by atoms with Gasteiger partial charge in [0.15, 0.2) is 0 Å². The Morgan fingerprint density at radius 2 is 1.90 bits per heavy atom. The molecule has 3 rings (SSSR count). The molecule has 2 amide bonds. The van der Waals surface area contributed by atoms with E-state index in [0.717, 1.165) is 11.6 Å². The predicted molar refractivity (Wildman–Crippen MR) is 77.9 cm³/mol. The van der Waals surface area contributed by atoms with Crippen LogP contribution in [-0.2, 0) is 0 Å². The Balaban J connectivity index is 1.80. The van der Waals surface area contributed by atoms with Crippen molar-refractivity contribution in [2.45, 2.75) is 38.6 Å². The molecule has 0 spiro atoms. The molecule has 0 bridgehead atoms. The molecule has 1 fully saturated rings. The van der Waals surface area contributed by atoms with Crippen LogP contribution in [0.4, 0.5) is 5.69 Å². The fraction of sp³-hybridized carbons (Fsp3) is 0.500. The molecule has 1 aliphatic heterocycles. The van der Waals surface area contributed by atoms with E-state index in [9.17, 15) is 9.59 Å². The first kappa shape index (κ1) is 13.2. The maximum Gasteiger partial charge on any atom is 0.261 e. The third-order valence-electron chi connectivity index (χ3n) is 4.40. The molecule has 20 heavy (non-hydrogen) atoms. The second-order valence-electron chi connectivity index (χ2n) is 6.04. The lowest BCUT2D eigenvalue weighted by atomic mass is 9.87. The fourth-order valence-electron chi connectivity index (χ4n) is 3.25. The highest BCUT2D eigenvalue weighted by molar-refractivity contribution is 6.21. The summed E-state index contributed by atoms with van der Waals surface area (Å²) in [5.41, 5.74) is 1.98. The molecule has 4 nitrogen and oxygen atoms in total. The molecule has 1 N–H and O–H groups in total. The molecule has 1 aromatic rings. The number of imide groups is 1. The van der Waals surface area contributed by atoms with Gasteiger partial charge in [0.25, 0.3) is 11.8 Å². The van der Waals surface area contributed by atoms with E-state index in [2.05, 4.69) is 12.2 Å². The highest BCUT2D eigenvalue weighted by atomic mass is 16.2. The molecule has 0 aromatic heterocycles. The molecule has 2 aliphatic rings. The highest BCUT2D eigenvalue weighted by Crippen LogP contribution is 2.29. The summed E-state index contributed by atoms with van der Waals surface area (Å²) in [5.74, 6) is 0.346. The van der Waals surface area contributed by atoms with Crippen molar-refractivity contribution >= 4 is 17.5 Å². The van der Waals surface area contributed by atoms with Gasteiger partial charge in [-0.25, -0.2) is 0 Å². The minimum absolute atomic E-state index is 0.203. The van der Waals surface area contributed by atoms with Gasteiger partial charge < -0.3 is 5.32 Å². The standard InChI is InChI=1S/C16H20N2O2/c1-10-4-3-5-11(8-10)17-12-6-7-13-14(9-12)16(20)18(2)15(13)19/h6-7,9-11,17H,3-5,8H2,1-2H3. The predicted octanol–water partition coefficient (Wildman–Crippen LogP) is 2.90. The lowest BCUT2D eigenvalue weighted by Gasteiger charge is -2.28. The molecule has 2 atom stereocenters. The number of nitrogens with zero attached hydrogens (tertiary/aromatic N) is 1.